The van der Waals surface area contributed by atoms with Gasteiger partial charge in [0, 0.05) is 0 Å². The highest BCUT2D eigenvalue weighted by molar-refractivity contribution is 6.52. The fourth-order valence-electron chi connectivity index (χ4n) is 4.13. The summed E-state index contributed by atoms with van der Waals surface area (Å²) in [6, 6.07) is 15.2. The topological polar surface area (TPSA) is 96.3 Å². The lowest BCUT2D eigenvalue weighted by atomic mass is 9.94. The summed E-state index contributed by atoms with van der Waals surface area (Å²) in [5.74, 6) is -1.76. The molecule has 1 aliphatic heterocycles. The molecule has 2 N–H and O–H groups in total. The zero-order valence-electron chi connectivity index (χ0n) is 18.7. The van der Waals surface area contributed by atoms with Crippen LogP contribution >= 0.6 is 11.6 Å². The van der Waals surface area contributed by atoms with Crippen molar-refractivity contribution in [2.24, 2.45) is 0 Å². The smallest absolute Gasteiger partial charge is 0.300 e. The van der Waals surface area contributed by atoms with Gasteiger partial charge in [-0.15, -0.1) is 0 Å². The van der Waals surface area contributed by atoms with E-state index in [1.165, 1.54) is 31.3 Å². The molecule has 3 aromatic rings. The van der Waals surface area contributed by atoms with Gasteiger partial charge in [0.15, 0.2) is 0 Å². The van der Waals surface area contributed by atoms with Gasteiger partial charge in [0.05, 0.1) is 42.1 Å². The number of rotatable bonds is 5. The average Bonchev–Trinajstić information content (AvgIpc) is 3.09. The number of halogens is 1. The van der Waals surface area contributed by atoms with Crippen molar-refractivity contribution < 1.29 is 29.3 Å². The highest BCUT2D eigenvalue weighted by Gasteiger charge is 2.48. The number of carbonyl (C=O) groups excluding carboxylic acids is 2. The van der Waals surface area contributed by atoms with Crippen LogP contribution < -0.4 is 14.4 Å². The normalized spacial score (nSPS) is 17.2. The van der Waals surface area contributed by atoms with E-state index in [1.807, 2.05) is 0 Å². The third kappa shape index (κ3) is 3.84. The molecule has 0 saturated carbocycles. The van der Waals surface area contributed by atoms with E-state index in [0.29, 0.717) is 11.3 Å². The van der Waals surface area contributed by atoms with Gasteiger partial charge in [-0.2, -0.15) is 0 Å². The Morgan fingerprint density at radius 2 is 1.74 bits per heavy atom. The second-order valence-electron chi connectivity index (χ2n) is 7.76. The van der Waals surface area contributed by atoms with E-state index in [0.717, 1.165) is 5.56 Å². The predicted molar refractivity (Wildman–Crippen MR) is 129 cm³/mol. The number of aryl methyl sites for hydroxylation is 1. The summed E-state index contributed by atoms with van der Waals surface area (Å²) in [7, 11) is 2.90. The third-order valence-corrected chi connectivity index (χ3v) is 5.92. The minimum Gasteiger partial charge on any atom is -0.507 e. The number of nitrogens with zero attached hydrogens (tertiary/aromatic N) is 1. The van der Waals surface area contributed by atoms with Gasteiger partial charge in [-0.25, -0.2) is 0 Å². The lowest BCUT2D eigenvalue weighted by Crippen LogP contribution is -2.29. The molecule has 3 aromatic carbocycles. The number of benzene rings is 3. The maximum absolute atomic E-state index is 13.3. The van der Waals surface area contributed by atoms with Crippen molar-refractivity contribution in [3.8, 4) is 17.2 Å². The molecule has 1 saturated heterocycles. The lowest BCUT2D eigenvalue weighted by molar-refractivity contribution is -0.132. The van der Waals surface area contributed by atoms with Crippen molar-refractivity contribution in [1.82, 2.24) is 0 Å². The van der Waals surface area contributed by atoms with Crippen LogP contribution in [0.2, 0.25) is 5.02 Å². The number of ether oxygens (including phenoxy) is 2. The number of ketones is 1. The van der Waals surface area contributed by atoms with Crippen molar-refractivity contribution in [1.29, 1.82) is 0 Å². The van der Waals surface area contributed by atoms with E-state index in [2.05, 4.69) is 0 Å². The number of para-hydroxylation sites is 2. The molecule has 8 heteroatoms. The molecule has 1 fully saturated rings. The first-order chi connectivity index (χ1) is 16.3. The largest absolute Gasteiger partial charge is 0.507 e. The minimum absolute atomic E-state index is 0.130. The summed E-state index contributed by atoms with van der Waals surface area (Å²) in [4.78, 5) is 27.8. The quantitative estimate of drug-likeness (QED) is 0.304. The van der Waals surface area contributed by atoms with Crippen LogP contribution in [0.1, 0.15) is 22.7 Å². The van der Waals surface area contributed by atoms with E-state index in [4.69, 9.17) is 21.1 Å². The van der Waals surface area contributed by atoms with Crippen LogP contribution in [0, 0.1) is 6.92 Å². The summed E-state index contributed by atoms with van der Waals surface area (Å²) in [5.41, 5.74) is 1.36. The lowest BCUT2D eigenvalue weighted by Gasteiger charge is -2.26. The first kappa shape index (κ1) is 23.2. The first-order valence-electron chi connectivity index (χ1n) is 10.4. The molecule has 1 aliphatic rings. The molecule has 1 unspecified atom stereocenters. The Kier molecular flexibility index (Phi) is 6.22. The molecule has 0 bridgehead atoms. The summed E-state index contributed by atoms with van der Waals surface area (Å²) < 4.78 is 10.7. The van der Waals surface area contributed by atoms with Crippen LogP contribution in [0.3, 0.4) is 0 Å². The Morgan fingerprint density at radius 1 is 1.00 bits per heavy atom. The molecule has 7 nitrogen and oxygen atoms in total. The molecular formula is C26H22ClNO6. The highest BCUT2D eigenvalue weighted by atomic mass is 35.5. The van der Waals surface area contributed by atoms with E-state index >= 15 is 0 Å². The van der Waals surface area contributed by atoms with E-state index in [-0.39, 0.29) is 33.3 Å². The van der Waals surface area contributed by atoms with Gasteiger partial charge in [-0.05, 0) is 54.4 Å². The average molecular weight is 480 g/mol. The number of hydrogen-bond donors (Lipinski definition) is 2. The number of phenols is 1. The molecule has 4 rings (SSSR count). The number of anilines is 1. The number of hydrogen-bond acceptors (Lipinski definition) is 6. The Bertz CT molecular complexity index is 1330. The highest BCUT2D eigenvalue weighted by Crippen LogP contribution is 2.46. The van der Waals surface area contributed by atoms with Gasteiger partial charge in [0.25, 0.3) is 11.7 Å². The standard InChI is InChI=1S/C26H22ClNO6/c1-14-11-17(25(34-3)18(27)12-14)23(30)21-22(15-7-6-8-16(13-15)33-2)28(26(32)24(21)31)19-9-4-5-10-20(19)29/h4-13,22,29-30H,1-3H3/b23-21+. The number of methoxy groups -OCH3 is 2. The first-order valence-corrected chi connectivity index (χ1v) is 10.7. The van der Waals surface area contributed by atoms with Crippen molar-refractivity contribution in [2.45, 2.75) is 13.0 Å². The molecule has 1 heterocycles. The molecule has 34 heavy (non-hydrogen) atoms. The fraction of sp³-hybridized carbons (Fsp3) is 0.154. The summed E-state index contributed by atoms with van der Waals surface area (Å²) in [5, 5.41) is 22.1. The van der Waals surface area contributed by atoms with Gasteiger partial charge < -0.3 is 19.7 Å². The Labute approximate surface area is 201 Å². The second kappa shape index (κ2) is 9.11. The predicted octanol–water partition coefficient (Wildman–Crippen LogP) is 5.00. The summed E-state index contributed by atoms with van der Waals surface area (Å²) >= 11 is 6.32. The zero-order chi connectivity index (χ0) is 24.6. The SMILES string of the molecule is COc1cccc(C2/C(=C(\O)c3cc(C)cc(Cl)c3OC)C(=O)C(=O)N2c2ccccc2O)c1. The molecule has 0 spiro atoms. The van der Waals surface area contributed by atoms with E-state index in [1.54, 1.807) is 55.5 Å². The maximum atomic E-state index is 13.3. The molecule has 1 amide bonds. The number of phenolic OH excluding ortho intramolecular Hbond substituents is 1. The molecule has 1 atom stereocenters. The summed E-state index contributed by atoms with van der Waals surface area (Å²) in [6.07, 6.45) is 0. The monoisotopic (exact) mass is 479 g/mol. The van der Waals surface area contributed by atoms with Crippen LogP contribution in [0.4, 0.5) is 5.69 Å². The van der Waals surface area contributed by atoms with Gasteiger partial charge in [0.1, 0.15) is 23.0 Å². The zero-order valence-corrected chi connectivity index (χ0v) is 19.5. The van der Waals surface area contributed by atoms with Gasteiger partial charge in [0.2, 0.25) is 0 Å². The van der Waals surface area contributed by atoms with E-state index < -0.39 is 23.5 Å². The third-order valence-electron chi connectivity index (χ3n) is 5.64. The van der Waals surface area contributed by atoms with Gasteiger partial charge in [-0.1, -0.05) is 35.9 Å². The fourth-order valence-corrected chi connectivity index (χ4v) is 4.48. The maximum Gasteiger partial charge on any atom is 0.300 e. The number of aromatic hydroxyl groups is 1. The summed E-state index contributed by atoms with van der Waals surface area (Å²) in [6.45, 7) is 1.78. The van der Waals surface area contributed by atoms with Crippen LogP contribution in [-0.4, -0.2) is 36.1 Å². The Morgan fingerprint density at radius 3 is 2.41 bits per heavy atom. The Hall–Kier alpha value is -3.97. The van der Waals surface area contributed by atoms with E-state index in [9.17, 15) is 19.8 Å². The van der Waals surface area contributed by atoms with Crippen LogP contribution in [0.15, 0.2) is 66.2 Å². The van der Waals surface area contributed by atoms with Gasteiger partial charge >= 0.3 is 0 Å². The second-order valence-corrected chi connectivity index (χ2v) is 8.17. The van der Waals surface area contributed by atoms with Crippen LogP contribution in [0.5, 0.6) is 17.2 Å². The molecule has 0 radical (unpaired) electrons. The van der Waals surface area contributed by atoms with Crippen molar-refractivity contribution in [2.75, 3.05) is 19.1 Å². The number of aliphatic hydroxyl groups excluding tert-OH is 1. The van der Waals surface area contributed by atoms with Crippen molar-refractivity contribution in [3.63, 3.8) is 0 Å². The molecule has 174 valence electrons. The van der Waals surface area contributed by atoms with Crippen molar-refractivity contribution in [3.05, 3.63) is 87.9 Å². The Balaban J connectivity index is 2.04. The minimum atomic E-state index is -1.05. The molecule has 0 aliphatic carbocycles. The number of carbonyl (C=O) groups is 2. The molecular weight excluding hydrogens is 458 g/mol. The number of aliphatic hydroxyl groups is 1. The number of amides is 1. The van der Waals surface area contributed by atoms with Crippen LogP contribution in [-0.2, 0) is 9.59 Å². The van der Waals surface area contributed by atoms with Crippen LogP contribution in [0.25, 0.3) is 5.76 Å². The van der Waals surface area contributed by atoms with Crippen molar-refractivity contribution >= 4 is 34.7 Å². The van der Waals surface area contributed by atoms with Gasteiger partial charge in [-0.3, -0.25) is 14.5 Å². The number of Topliss-reactive ketones (excluding diaryl/α,β-unsaturated/α-hetero) is 1. The molecule has 0 aromatic heterocycles.